The first-order chi connectivity index (χ1) is 3.13. The third-order valence-corrected chi connectivity index (χ3v) is 1.20. The van der Waals surface area contributed by atoms with Crippen molar-refractivity contribution in [3.8, 4) is 0 Å². The standard InChI is InChI=1S/C5H10BrCl.H4Si/c1-4(6)3-5(2)7;/h4-5H,3H2,1-2H3;1H4. The highest BCUT2D eigenvalue weighted by Crippen LogP contribution is 2.10. The summed E-state index contributed by atoms with van der Waals surface area (Å²) in [6.07, 6.45) is 1.04. The van der Waals surface area contributed by atoms with Crippen LogP contribution in [0, 0.1) is 0 Å². The van der Waals surface area contributed by atoms with E-state index in [2.05, 4.69) is 22.9 Å². The second kappa shape index (κ2) is 6.11. The van der Waals surface area contributed by atoms with E-state index in [0.717, 1.165) is 6.42 Å². The Kier molecular flexibility index (Phi) is 8.97. The second-order valence-electron chi connectivity index (χ2n) is 1.80. The van der Waals surface area contributed by atoms with Gasteiger partial charge in [0.05, 0.1) is 0 Å². The number of hydrogen-bond acceptors (Lipinski definition) is 0. The van der Waals surface area contributed by atoms with Crippen LogP contribution in [0.5, 0.6) is 0 Å². The van der Waals surface area contributed by atoms with E-state index in [-0.39, 0.29) is 11.0 Å². The maximum Gasteiger partial charge on any atom is 0.0318 e. The zero-order valence-electron chi connectivity index (χ0n) is 4.62. The lowest BCUT2D eigenvalue weighted by molar-refractivity contribution is 0.805. The normalized spacial score (nSPS) is 16.5. The van der Waals surface area contributed by atoms with E-state index in [9.17, 15) is 0 Å². The van der Waals surface area contributed by atoms with Crippen molar-refractivity contribution in [3.63, 3.8) is 0 Å². The Morgan fingerprint density at radius 3 is 1.88 bits per heavy atom. The highest BCUT2D eigenvalue weighted by atomic mass is 79.9. The largest absolute Gasteiger partial charge is 0.123 e. The van der Waals surface area contributed by atoms with Gasteiger partial charge in [-0.05, 0) is 24.3 Å². The maximum absolute atomic E-state index is 5.64. The molecule has 0 amide bonds. The molecule has 0 bridgehead atoms. The van der Waals surface area contributed by atoms with Gasteiger partial charge in [-0.25, -0.2) is 0 Å². The molecule has 2 unspecified atom stereocenters. The molecule has 0 aliphatic rings. The van der Waals surface area contributed by atoms with Crippen LogP contribution < -0.4 is 0 Å². The van der Waals surface area contributed by atoms with Crippen LogP contribution >= 0.6 is 27.5 Å². The molecule has 0 aromatic rings. The van der Waals surface area contributed by atoms with Gasteiger partial charge in [0.2, 0.25) is 0 Å². The van der Waals surface area contributed by atoms with Crippen LogP contribution in [0.15, 0.2) is 0 Å². The summed E-state index contributed by atoms with van der Waals surface area (Å²) < 4.78 is 0. The van der Waals surface area contributed by atoms with Crippen LogP contribution in [-0.2, 0) is 0 Å². The number of rotatable bonds is 2. The quantitative estimate of drug-likeness (QED) is 0.484. The Morgan fingerprint density at radius 2 is 1.88 bits per heavy atom. The molecule has 0 saturated carbocycles. The van der Waals surface area contributed by atoms with Gasteiger partial charge >= 0.3 is 0 Å². The lowest BCUT2D eigenvalue weighted by Gasteiger charge is -2.01. The van der Waals surface area contributed by atoms with Crippen molar-refractivity contribution in [1.82, 2.24) is 0 Å². The summed E-state index contributed by atoms with van der Waals surface area (Å²) in [6, 6.07) is 0. The van der Waals surface area contributed by atoms with Gasteiger partial charge in [-0.3, -0.25) is 0 Å². The van der Waals surface area contributed by atoms with E-state index in [1.807, 2.05) is 6.92 Å². The van der Waals surface area contributed by atoms with Crippen molar-refractivity contribution < 1.29 is 0 Å². The van der Waals surface area contributed by atoms with Crippen LogP contribution in [0.3, 0.4) is 0 Å². The Labute approximate surface area is 69.1 Å². The fraction of sp³-hybridized carbons (Fsp3) is 1.00. The van der Waals surface area contributed by atoms with Gasteiger partial charge < -0.3 is 0 Å². The summed E-state index contributed by atoms with van der Waals surface area (Å²) in [5, 5.41) is 0.300. The van der Waals surface area contributed by atoms with Gasteiger partial charge in [-0.15, -0.1) is 11.6 Å². The third kappa shape index (κ3) is 10.1. The number of halogens is 2. The summed E-state index contributed by atoms with van der Waals surface area (Å²) in [5.41, 5.74) is 0. The Bertz CT molecular complexity index is 41.7. The van der Waals surface area contributed by atoms with E-state index in [1.165, 1.54) is 0 Å². The van der Waals surface area contributed by atoms with Crippen molar-refractivity contribution >= 4 is 38.5 Å². The molecule has 0 N–H and O–H groups in total. The van der Waals surface area contributed by atoms with Crippen molar-refractivity contribution in [1.29, 1.82) is 0 Å². The Balaban J connectivity index is 0. The smallest absolute Gasteiger partial charge is 0.0318 e. The Morgan fingerprint density at radius 1 is 1.50 bits per heavy atom. The molecule has 0 aliphatic carbocycles. The van der Waals surface area contributed by atoms with Crippen LogP contribution in [-0.4, -0.2) is 21.2 Å². The molecule has 0 heterocycles. The first-order valence-corrected chi connectivity index (χ1v) is 3.76. The summed E-state index contributed by atoms with van der Waals surface area (Å²) in [4.78, 5) is 0.556. The second-order valence-corrected chi connectivity index (χ2v) is 4.11. The van der Waals surface area contributed by atoms with Gasteiger partial charge in [0.15, 0.2) is 0 Å². The minimum atomic E-state index is 0. The molecule has 0 radical (unpaired) electrons. The molecule has 0 saturated heterocycles. The van der Waals surface area contributed by atoms with Gasteiger partial charge in [-0.2, -0.15) is 0 Å². The van der Waals surface area contributed by atoms with E-state index in [1.54, 1.807) is 0 Å². The SMILES string of the molecule is CC(Cl)CC(C)Br.[SiH4]. The average Bonchev–Trinajstić information content (AvgIpc) is 1.27. The molecule has 0 rings (SSSR count). The molecule has 0 nitrogen and oxygen atoms in total. The lowest BCUT2D eigenvalue weighted by atomic mass is 10.3. The third-order valence-electron chi connectivity index (χ3n) is 0.650. The predicted octanol–water partition coefficient (Wildman–Crippen LogP) is 1.34. The molecule has 0 fully saturated rings. The zero-order valence-corrected chi connectivity index (χ0v) is 6.96. The van der Waals surface area contributed by atoms with Gasteiger partial charge in [-0.1, -0.05) is 22.9 Å². The van der Waals surface area contributed by atoms with E-state index < -0.39 is 0 Å². The van der Waals surface area contributed by atoms with Crippen LogP contribution in [0.1, 0.15) is 20.3 Å². The summed E-state index contributed by atoms with van der Waals surface area (Å²) in [7, 11) is 0. The zero-order chi connectivity index (χ0) is 5.86. The first-order valence-electron chi connectivity index (χ1n) is 2.41. The monoisotopic (exact) mass is 216 g/mol. The first kappa shape index (κ1) is 11.7. The van der Waals surface area contributed by atoms with Crippen molar-refractivity contribution in [2.75, 3.05) is 0 Å². The van der Waals surface area contributed by atoms with E-state index in [0.29, 0.717) is 10.2 Å². The topological polar surface area (TPSA) is 0 Å². The Hall–Kier alpha value is 0.987. The molecule has 0 spiro atoms. The van der Waals surface area contributed by atoms with Crippen LogP contribution in [0.2, 0.25) is 0 Å². The highest BCUT2D eigenvalue weighted by molar-refractivity contribution is 9.09. The van der Waals surface area contributed by atoms with E-state index >= 15 is 0 Å². The van der Waals surface area contributed by atoms with Crippen molar-refractivity contribution in [2.24, 2.45) is 0 Å². The highest BCUT2D eigenvalue weighted by Gasteiger charge is 1.99. The molecule has 8 heavy (non-hydrogen) atoms. The molecule has 2 atom stereocenters. The molecule has 0 aliphatic heterocycles. The molecule has 3 heteroatoms. The minimum Gasteiger partial charge on any atom is -0.123 e. The molecular weight excluding hydrogens is 203 g/mol. The lowest BCUT2D eigenvalue weighted by Crippen LogP contribution is -1.98. The number of alkyl halides is 2. The summed E-state index contributed by atoms with van der Waals surface area (Å²) in [5.74, 6) is 0. The fourth-order valence-corrected chi connectivity index (χ4v) is 1.49. The fourth-order valence-electron chi connectivity index (χ4n) is 0.448. The van der Waals surface area contributed by atoms with Gasteiger partial charge in [0, 0.05) is 10.2 Å². The van der Waals surface area contributed by atoms with Gasteiger partial charge in [0.25, 0.3) is 0 Å². The maximum atomic E-state index is 5.64. The van der Waals surface area contributed by atoms with Gasteiger partial charge in [0.1, 0.15) is 0 Å². The van der Waals surface area contributed by atoms with Crippen molar-refractivity contribution in [3.05, 3.63) is 0 Å². The molecular formula is C5H14BrClSi. The summed E-state index contributed by atoms with van der Waals surface area (Å²) in [6.45, 7) is 4.10. The van der Waals surface area contributed by atoms with E-state index in [4.69, 9.17) is 11.6 Å². The predicted molar refractivity (Wildman–Crippen MR) is 49.7 cm³/mol. The molecule has 0 aromatic heterocycles. The van der Waals surface area contributed by atoms with Crippen LogP contribution in [0.25, 0.3) is 0 Å². The van der Waals surface area contributed by atoms with Crippen LogP contribution in [0.4, 0.5) is 0 Å². The van der Waals surface area contributed by atoms with Crippen molar-refractivity contribution in [2.45, 2.75) is 30.5 Å². The average molecular weight is 218 g/mol. The summed E-state index contributed by atoms with van der Waals surface area (Å²) >= 11 is 9.03. The minimum absolute atomic E-state index is 0. The molecule has 52 valence electrons. The number of hydrogen-bond donors (Lipinski definition) is 0. The molecule has 0 aromatic carbocycles.